The number of ether oxygens (including phenoxy) is 1. The number of nitrogens with zero attached hydrogens (tertiary/aromatic N) is 2. The van der Waals surface area contributed by atoms with Crippen LogP contribution in [0.15, 0.2) is 77.8 Å². The third-order valence-electron chi connectivity index (χ3n) is 4.54. The van der Waals surface area contributed by atoms with Crippen molar-refractivity contribution < 1.29 is 9.53 Å². The van der Waals surface area contributed by atoms with Gasteiger partial charge in [0, 0.05) is 22.7 Å². The fourth-order valence-corrected chi connectivity index (χ4v) is 3.88. The van der Waals surface area contributed by atoms with E-state index in [4.69, 9.17) is 14.7 Å². The van der Waals surface area contributed by atoms with Crippen molar-refractivity contribution in [1.82, 2.24) is 9.97 Å². The number of hydrogen-bond acceptors (Lipinski definition) is 5. The highest BCUT2D eigenvalue weighted by molar-refractivity contribution is 8.00. The van der Waals surface area contributed by atoms with E-state index in [0.717, 1.165) is 27.1 Å². The molecule has 4 aromatic rings. The Labute approximate surface area is 179 Å². The summed E-state index contributed by atoms with van der Waals surface area (Å²) in [4.78, 5) is 22.0. The van der Waals surface area contributed by atoms with E-state index in [-0.39, 0.29) is 11.7 Å². The lowest BCUT2D eigenvalue weighted by Crippen LogP contribution is -2.14. The molecule has 0 aliphatic carbocycles. The van der Waals surface area contributed by atoms with Gasteiger partial charge in [0.05, 0.1) is 18.4 Å². The predicted octanol–water partition coefficient (Wildman–Crippen LogP) is 5.34. The molecule has 0 spiro atoms. The molecule has 0 atom stereocenters. The number of methoxy groups -OCH3 is 1. The maximum atomic E-state index is 12.5. The molecule has 1 aromatic heterocycles. The molecule has 0 aliphatic rings. The molecule has 6 heteroatoms. The molecule has 0 saturated heterocycles. The summed E-state index contributed by atoms with van der Waals surface area (Å²) in [6, 6.07) is 23.3. The van der Waals surface area contributed by atoms with Crippen molar-refractivity contribution in [2.75, 3.05) is 18.2 Å². The molecule has 30 heavy (non-hydrogen) atoms. The first-order chi connectivity index (χ1) is 14.6. The lowest BCUT2D eigenvalue weighted by Gasteiger charge is -2.10. The van der Waals surface area contributed by atoms with Crippen LogP contribution in [0.5, 0.6) is 5.75 Å². The molecule has 0 unspecified atom stereocenters. The SMILES string of the molecule is COc1cccc(NC(=O)CSc2nc(-c3ccccc3)nc3ccc(C)cc23)c1. The van der Waals surface area contributed by atoms with Crippen LogP contribution in [-0.4, -0.2) is 28.7 Å². The van der Waals surface area contributed by atoms with Gasteiger partial charge >= 0.3 is 0 Å². The number of carbonyl (C=O) groups is 1. The molecule has 150 valence electrons. The molecule has 0 radical (unpaired) electrons. The first-order valence-electron chi connectivity index (χ1n) is 9.53. The number of anilines is 1. The molecular formula is C24H21N3O2S. The number of rotatable bonds is 6. The quantitative estimate of drug-likeness (QED) is 0.340. The van der Waals surface area contributed by atoms with Gasteiger partial charge in [0.25, 0.3) is 0 Å². The van der Waals surface area contributed by atoms with E-state index in [1.54, 1.807) is 13.2 Å². The van der Waals surface area contributed by atoms with Crippen LogP contribution in [0.2, 0.25) is 0 Å². The molecule has 4 rings (SSSR count). The number of benzene rings is 3. The van der Waals surface area contributed by atoms with E-state index < -0.39 is 0 Å². The van der Waals surface area contributed by atoms with E-state index >= 15 is 0 Å². The summed E-state index contributed by atoms with van der Waals surface area (Å²) in [6.45, 7) is 2.04. The average Bonchev–Trinajstić information content (AvgIpc) is 2.78. The molecule has 1 N–H and O–H groups in total. The van der Waals surface area contributed by atoms with Crippen molar-refractivity contribution in [3.63, 3.8) is 0 Å². The van der Waals surface area contributed by atoms with Gasteiger partial charge in [-0.2, -0.15) is 0 Å². The van der Waals surface area contributed by atoms with Gasteiger partial charge in [0.15, 0.2) is 5.82 Å². The minimum absolute atomic E-state index is 0.103. The Bertz CT molecular complexity index is 1200. The number of carbonyl (C=O) groups excluding carboxylic acids is 1. The minimum atomic E-state index is -0.103. The van der Waals surface area contributed by atoms with Crippen LogP contribution in [0.4, 0.5) is 5.69 Å². The largest absolute Gasteiger partial charge is 0.497 e. The maximum Gasteiger partial charge on any atom is 0.234 e. The Kier molecular flexibility index (Phi) is 5.95. The molecule has 3 aromatic carbocycles. The Hall–Kier alpha value is -3.38. The summed E-state index contributed by atoms with van der Waals surface area (Å²) in [5, 5.41) is 4.66. The number of fused-ring (bicyclic) bond motifs is 1. The molecule has 5 nitrogen and oxygen atoms in total. The second-order valence-corrected chi connectivity index (χ2v) is 7.77. The maximum absolute atomic E-state index is 12.5. The van der Waals surface area contributed by atoms with Gasteiger partial charge in [0.2, 0.25) is 5.91 Å². The number of hydrogen-bond donors (Lipinski definition) is 1. The normalized spacial score (nSPS) is 10.7. The minimum Gasteiger partial charge on any atom is -0.497 e. The highest BCUT2D eigenvalue weighted by Crippen LogP contribution is 2.29. The van der Waals surface area contributed by atoms with Gasteiger partial charge < -0.3 is 10.1 Å². The van der Waals surface area contributed by atoms with Crippen LogP contribution >= 0.6 is 11.8 Å². The van der Waals surface area contributed by atoms with Gasteiger partial charge in [-0.05, 0) is 31.2 Å². The lowest BCUT2D eigenvalue weighted by atomic mass is 10.1. The highest BCUT2D eigenvalue weighted by atomic mass is 32.2. The Balaban J connectivity index is 1.59. The van der Waals surface area contributed by atoms with Crippen molar-refractivity contribution in [1.29, 1.82) is 0 Å². The summed E-state index contributed by atoms with van der Waals surface area (Å²) in [5.41, 5.74) is 3.64. The Morgan fingerprint density at radius 3 is 2.63 bits per heavy atom. The van der Waals surface area contributed by atoms with Crippen molar-refractivity contribution in [3.8, 4) is 17.1 Å². The van der Waals surface area contributed by atoms with E-state index in [1.165, 1.54) is 11.8 Å². The van der Waals surface area contributed by atoms with Gasteiger partial charge in [-0.25, -0.2) is 9.97 Å². The number of aromatic nitrogens is 2. The Morgan fingerprint density at radius 2 is 1.83 bits per heavy atom. The fraction of sp³-hybridized carbons (Fsp3) is 0.125. The molecule has 0 bridgehead atoms. The van der Waals surface area contributed by atoms with Crippen molar-refractivity contribution >= 4 is 34.3 Å². The summed E-state index contributed by atoms with van der Waals surface area (Å²) in [6.07, 6.45) is 0. The van der Waals surface area contributed by atoms with Crippen molar-refractivity contribution in [3.05, 3.63) is 78.4 Å². The topological polar surface area (TPSA) is 64.1 Å². The average molecular weight is 416 g/mol. The zero-order chi connectivity index (χ0) is 20.9. The highest BCUT2D eigenvalue weighted by Gasteiger charge is 2.12. The van der Waals surface area contributed by atoms with Gasteiger partial charge in [-0.15, -0.1) is 0 Å². The monoisotopic (exact) mass is 415 g/mol. The van der Waals surface area contributed by atoms with Gasteiger partial charge in [0.1, 0.15) is 10.8 Å². The van der Waals surface area contributed by atoms with Crippen LogP contribution < -0.4 is 10.1 Å². The van der Waals surface area contributed by atoms with E-state index in [0.29, 0.717) is 17.3 Å². The lowest BCUT2D eigenvalue weighted by molar-refractivity contribution is -0.113. The van der Waals surface area contributed by atoms with Gasteiger partial charge in [-0.1, -0.05) is 59.8 Å². The zero-order valence-electron chi connectivity index (χ0n) is 16.8. The number of nitrogens with one attached hydrogen (secondary N) is 1. The van der Waals surface area contributed by atoms with Crippen LogP contribution in [0.3, 0.4) is 0 Å². The summed E-state index contributed by atoms with van der Waals surface area (Å²) in [5.74, 6) is 1.49. The predicted molar refractivity (Wildman–Crippen MR) is 122 cm³/mol. The third kappa shape index (κ3) is 4.60. The summed E-state index contributed by atoms with van der Waals surface area (Å²) in [7, 11) is 1.60. The van der Waals surface area contributed by atoms with Crippen LogP contribution in [0.25, 0.3) is 22.3 Å². The van der Waals surface area contributed by atoms with Crippen LogP contribution in [0, 0.1) is 6.92 Å². The van der Waals surface area contributed by atoms with Crippen molar-refractivity contribution in [2.24, 2.45) is 0 Å². The van der Waals surface area contributed by atoms with Crippen LogP contribution in [-0.2, 0) is 4.79 Å². The first-order valence-corrected chi connectivity index (χ1v) is 10.5. The summed E-state index contributed by atoms with van der Waals surface area (Å²) >= 11 is 1.41. The summed E-state index contributed by atoms with van der Waals surface area (Å²) < 4.78 is 5.21. The third-order valence-corrected chi connectivity index (χ3v) is 5.53. The van der Waals surface area contributed by atoms with E-state index in [1.807, 2.05) is 67.6 Å². The number of amides is 1. The molecule has 0 fully saturated rings. The first kappa shape index (κ1) is 19.9. The molecule has 1 amide bonds. The van der Waals surface area contributed by atoms with Gasteiger partial charge in [-0.3, -0.25) is 4.79 Å². The second-order valence-electron chi connectivity index (χ2n) is 6.81. The second kappa shape index (κ2) is 8.97. The van der Waals surface area contributed by atoms with Crippen LogP contribution in [0.1, 0.15) is 5.56 Å². The standard InChI is InChI=1S/C24H21N3O2S/c1-16-11-12-21-20(13-16)24(27-23(26-21)17-7-4-3-5-8-17)30-15-22(28)25-18-9-6-10-19(14-18)29-2/h3-14H,15H2,1-2H3,(H,25,28). The fourth-order valence-electron chi connectivity index (χ4n) is 3.07. The van der Waals surface area contributed by atoms with Crippen molar-refractivity contribution in [2.45, 2.75) is 11.9 Å². The number of thioether (sulfide) groups is 1. The molecule has 1 heterocycles. The smallest absolute Gasteiger partial charge is 0.234 e. The Morgan fingerprint density at radius 1 is 1.00 bits per heavy atom. The molecule has 0 saturated carbocycles. The van der Waals surface area contributed by atoms with E-state index in [9.17, 15) is 4.79 Å². The zero-order valence-corrected chi connectivity index (χ0v) is 17.6. The number of aryl methyl sites for hydroxylation is 1. The van der Waals surface area contributed by atoms with E-state index in [2.05, 4.69) is 11.4 Å². The molecular weight excluding hydrogens is 394 g/mol. The molecule has 0 aliphatic heterocycles.